The highest BCUT2D eigenvalue weighted by atomic mass is 16.3. The van der Waals surface area contributed by atoms with E-state index >= 15 is 0 Å². The zero-order valence-corrected chi connectivity index (χ0v) is 8.03. The number of aldehydes is 1. The molecule has 0 spiro atoms. The second-order valence-corrected chi connectivity index (χ2v) is 3.49. The molecule has 0 amide bonds. The molecule has 1 N–H and O–H groups in total. The molecule has 0 bridgehead atoms. The van der Waals surface area contributed by atoms with Crippen LogP contribution in [-0.2, 0) is 6.54 Å². The highest BCUT2D eigenvalue weighted by Crippen LogP contribution is 2.09. The number of hydrogen-bond acceptors (Lipinski definition) is 4. The van der Waals surface area contributed by atoms with Crippen molar-refractivity contribution in [3.05, 3.63) is 23.7 Å². The van der Waals surface area contributed by atoms with E-state index in [4.69, 9.17) is 4.42 Å². The molecule has 4 nitrogen and oxygen atoms in total. The molecule has 0 radical (unpaired) electrons. The van der Waals surface area contributed by atoms with Crippen LogP contribution in [-0.4, -0.2) is 37.4 Å². The first-order valence-electron chi connectivity index (χ1n) is 4.84. The van der Waals surface area contributed by atoms with Crippen LogP contribution in [0.5, 0.6) is 0 Å². The number of piperazine rings is 1. The molecule has 0 aromatic carbocycles. The van der Waals surface area contributed by atoms with E-state index in [0.717, 1.165) is 44.8 Å². The molecular weight excluding hydrogens is 180 g/mol. The Morgan fingerprint density at radius 1 is 1.50 bits per heavy atom. The van der Waals surface area contributed by atoms with Gasteiger partial charge >= 0.3 is 0 Å². The van der Waals surface area contributed by atoms with E-state index in [9.17, 15) is 4.79 Å². The summed E-state index contributed by atoms with van der Waals surface area (Å²) in [5.74, 6) is 0.869. The average Bonchev–Trinajstić information content (AvgIpc) is 2.67. The maximum absolute atomic E-state index is 10.4. The van der Waals surface area contributed by atoms with Crippen LogP contribution in [0.3, 0.4) is 0 Å². The van der Waals surface area contributed by atoms with Crippen LogP contribution >= 0.6 is 0 Å². The van der Waals surface area contributed by atoms with Crippen LogP contribution in [0.1, 0.15) is 16.1 Å². The van der Waals surface area contributed by atoms with Gasteiger partial charge < -0.3 is 9.73 Å². The lowest BCUT2D eigenvalue weighted by molar-refractivity contribution is 0.112. The molecule has 1 saturated heterocycles. The lowest BCUT2D eigenvalue weighted by atomic mass is 10.3. The largest absolute Gasteiger partial charge is 0.467 e. The van der Waals surface area contributed by atoms with Crippen LogP contribution < -0.4 is 5.32 Å². The first kappa shape index (κ1) is 9.43. The molecule has 1 aliphatic rings. The standard InChI is InChI=1S/C10H14N2O2/c13-7-9-5-10(14-8-9)6-12-3-1-11-2-4-12/h5,7-8,11H,1-4,6H2. The lowest BCUT2D eigenvalue weighted by Gasteiger charge is -2.25. The van der Waals surface area contributed by atoms with E-state index in [-0.39, 0.29) is 0 Å². The normalized spacial score (nSPS) is 18.3. The zero-order valence-electron chi connectivity index (χ0n) is 8.03. The number of carbonyl (C=O) groups is 1. The van der Waals surface area contributed by atoms with Crippen LogP contribution in [0.2, 0.25) is 0 Å². The van der Waals surface area contributed by atoms with E-state index < -0.39 is 0 Å². The van der Waals surface area contributed by atoms with Gasteiger partial charge in [-0.2, -0.15) is 0 Å². The third-order valence-electron chi connectivity index (χ3n) is 2.40. The molecule has 4 heteroatoms. The quantitative estimate of drug-likeness (QED) is 0.712. The summed E-state index contributed by atoms with van der Waals surface area (Å²) < 4.78 is 5.26. The van der Waals surface area contributed by atoms with Gasteiger partial charge in [0.05, 0.1) is 12.1 Å². The Morgan fingerprint density at radius 2 is 2.29 bits per heavy atom. The van der Waals surface area contributed by atoms with Gasteiger partial charge in [0, 0.05) is 26.2 Å². The summed E-state index contributed by atoms with van der Waals surface area (Å²) in [4.78, 5) is 12.7. The van der Waals surface area contributed by atoms with Crippen molar-refractivity contribution in [1.29, 1.82) is 0 Å². The number of furan rings is 1. The molecule has 76 valence electrons. The van der Waals surface area contributed by atoms with E-state index in [1.165, 1.54) is 6.26 Å². The summed E-state index contributed by atoms with van der Waals surface area (Å²) in [7, 11) is 0. The third-order valence-corrected chi connectivity index (χ3v) is 2.40. The van der Waals surface area contributed by atoms with Gasteiger partial charge in [-0.3, -0.25) is 9.69 Å². The lowest BCUT2D eigenvalue weighted by Crippen LogP contribution is -2.42. The van der Waals surface area contributed by atoms with Crippen molar-refractivity contribution >= 4 is 6.29 Å². The van der Waals surface area contributed by atoms with Crippen molar-refractivity contribution in [2.45, 2.75) is 6.54 Å². The Kier molecular flexibility index (Phi) is 2.96. The third kappa shape index (κ3) is 2.21. The summed E-state index contributed by atoms with van der Waals surface area (Å²) in [6.45, 7) is 4.94. The highest BCUT2D eigenvalue weighted by Gasteiger charge is 2.11. The SMILES string of the molecule is O=Cc1coc(CN2CCNCC2)c1. The fraction of sp³-hybridized carbons (Fsp3) is 0.500. The van der Waals surface area contributed by atoms with Crippen LogP contribution in [0, 0.1) is 0 Å². The monoisotopic (exact) mass is 194 g/mol. The fourth-order valence-electron chi connectivity index (χ4n) is 1.63. The van der Waals surface area contributed by atoms with Gasteiger partial charge in [-0.25, -0.2) is 0 Å². The van der Waals surface area contributed by atoms with Crippen molar-refractivity contribution in [3.63, 3.8) is 0 Å². The summed E-state index contributed by atoms with van der Waals surface area (Å²) in [5, 5.41) is 3.29. The van der Waals surface area contributed by atoms with Crippen LogP contribution in [0.15, 0.2) is 16.7 Å². The molecule has 2 heterocycles. The zero-order chi connectivity index (χ0) is 9.80. The maximum Gasteiger partial charge on any atom is 0.153 e. The summed E-state index contributed by atoms with van der Waals surface area (Å²) in [6.07, 6.45) is 2.31. The van der Waals surface area contributed by atoms with Crippen LogP contribution in [0.25, 0.3) is 0 Å². The van der Waals surface area contributed by atoms with Gasteiger partial charge in [0.25, 0.3) is 0 Å². The Morgan fingerprint density at radius 3 is 2.93 bits per heavy atom. The Labute approximate surface area is 82.9 Å². The molecule has 0 atom stereocenters. The predicted octanol–water partition coefficient (Wildman–Crippen LogP) is 0.497. The molecule has 1 fully saturated rings. The summed E-state index contributed by atoms with van der Waals surface area (Å²) >= 11 is 0. The minimum Gasteiger partial charge on any atom is -0.467 e. The fourth-order valence-corrected chi connectivity index (χ4v) is 1.63. The number of nitrogens with zero attached hydrogens (tertiary/aromatic N) is 1. The van der Waals surface area contributed by atoms with Gasteiger partial charge in [-0.1, -0.05) is 0 Å². The molecule has 14 heavy (non-hydrogen) atoms. The van der Waals surface area contributed by atoms with Gasteiger partial charge in [0.1, 0.15) is 12.0 Å². The van der Waals surface area contributed by atoms with Crippen LogP contribution in [0.4, 0.5) is 0 Å². The molecule has 1 aliphatic heterocycles. The van der Waals surface area contributed by atoms with E-state index in [2.05, 4.69) is 10.2 Å². The topological polar surface area (TPSA) is 45.5 Å². The minimum atomic E-state index is 0.620. The Hall–Kier alpha value is -1.13. The summed E-state index contributed by atoms with van der Waals surface area (Å²) in [5.41, 5.74) is 0.620. The second-order valence-electron chi connectivity index (χ2n) is 3.49. The van der Waals surface area contributed by atoms with Gasteiger partial charge in [0.2, 0.25) is 0 Å². The maximum atomic E-state index is 10.4. The van der Waals surface area contributed by atoms with E-state index in [1.807, 2.05) is 0 Å². The predicted molar refractivity (Wildman–Crippen MR) is 52.2 cm³/mol. The molecule has 0 aliphatic carbocycles. The second kappa shape index (κ2) is 4.39. The molecule has 1 aromatic rings. The first-order valence-corrected chi connectivity index (χ1v) is 4.84. The molecule has 1 aromatic heterocycles. The van der Waals surface area contributed by atoms with Gasteiger partial charge in [0.15, 0.2) is 6.29 Å². The molecular formula is C10H14N2O2. The smallest absolute Gasteiger partial charge is 0.153 e. The molecule has 0 unspecified atom stereocenters. The molecule has 0 saturated carbocycles. The van der Waals surface area contributed by atoms with Crippen molar-refractivity contribution < 1.29 is 9.21 Å². The Balaban J connectivity index is 1.92. The van der Waals surface area contributed by atoms with E-state index in [0.29, 0.717) is 5.56 Å². The number of nitrogens with one attached hydrogen (secondary N) is 1. The van der Waals surface area contributed by atoms with Crippen molar-refractivity contribution in [1.82, 2.24) is 10.2 Å². The average molecular weight is 194 g/mol. The van der Waals surface area contributed by atoms with Crippen molar-refractivity contribution in [3.8, 4) is 0 Å². The Bertz CT molecular complexity index is 303. The highest BCUT2D eigenvalue weighted by molar-refractivity contribution is 5.74. The first-order chi connectivity index (χ1) is 6.88. The van der Waals surface area contributed by atoms with Crippen molar-refractivity contribution in [2.75, 3.05) is 26.2 Å². The number of rotatable bonds is 3. The van der Waals surface area contributed by atoms with E-state index in [1.54, 1.807) is 6.07 Å². The number of carbonyl (C=O) groups excluding carboxylic acids is 1. The summed E-state index contributed by atoms with van der Waals surface area (Å²) in [6, 6.07) is 1.80. The number of hydrogen-bond donors (Lipinski definition) is 1. The van der Waals surface area contributed by atoms with Gasteiger partial charge in [-0.15, -0.1) is 0 Å². The van der Waals surface area contributed by atoms with Gasteiger partial charge in [-0.05, 0) is 6.07 Å². The minimum absolute atomic E-state index is 0.620. The van der Waals surface area contributed by atoms with Crippen molar-refractivity contribution in [2.24, 2.45) is 0 Å². The molecule has 2 rings (SSSR count).